The van der Waals surface area contributed by atoms with E-state index in [-0.39, 0.29) is 6.10 Å². The molecule has 2 aliphatic rings. The van der Waals surface area contributed by atoms with Crippen LogP contribution < -0.4 is 0 Å². The van der Waals surface area contributed by atoms with Crippen molar-refractivity contribution in [3.63, 3.8) is 0 Å². The quantitative estimate of drug-likeness (QED) is 0.503. The number of benzene rings is 2. The highest BCUT2D eigenvalue weighted by molar-refractivity contribution is 5.26. The van der Waals surface area contributed by atoms with Gasteiger partial charge in [0.15, 0.2) is 0 Å². The number of aliphatic hydroxyl groups excluding tert-OH is 1. The molecule has 30 heavy (non-hydrogen) atoms. The molecule has 162 valence electrons. The predicted molar refractivity (Wildman–Crippen MR) is 127 cm³/mol. The molecule has 2 aromatic carbocycles. The van der Waals surface area contributed by atoms with Crippen LogP contribution in [0.25, 0.3) is 0 Å². The Hall–Kier alpha value is -1.60. The average Bonchev–Trinajstić information content (AvgIpc) is 2.80. The lowest BCUT2D eigenvalue weighted by molar-refractivity contribution is 0.106. The van der Waals surface area contributed by atoms with Gasteiger partial charge in [-0.2, -0.15) is 0 Å². The van der Waals surface area contributed by atoms with Crippen LogP contribution in [-0.4, -0.2) is 11.2 Å². The zero-order valence-electron chi connectivity index (χ0n) is 18.8. The Bertz CT molecular complexity index is 734. The van der Waals surface area contributed by atoms with Gasteiger partial charge in [0.05, 0.1) is 6.10 Å². The highest BCUT2D eigenvalue weighted by Gasteiger charge is 2.24. The van der Waals surface area contributed by atoms with Gasteiger partial charge in [0.1, 0.15) is 0 Å². The highest BCUT2D eigenvalue weighted by atomic mass is 16.3. The maximum Gasteiger partial charge on any atom is 0.0540 e. The van der Waals surface area contributed by atoms with Crippen molar-refractivity contribution < 1.29 is 5.11 Å². The van der Waals surface area contributed by atoms with E-state index < -0.39 is 0 Å². The first kappa shape index (κ1) is 21.6. The van der Waals surface area contributed by atoms with E-state index in [9.17, 15) is 5.11 Å². The third-order valence-electron chi connectivity index (χ3n) is 8.01. The summed E-state index contributed by atoms with van der Waals surface area (Å²) in [5.41, 5.74) is 4.56. The molecule has 0 amide bonds. The highest BCUT2D eigenvalue weighted by Crippen LogP contribution is 2.39. The fourth-order valence-electron chi connectivity index (χ4n) is 5.91. The van der Waals surface area contributed by atoms with Crippen LogP contribution in [0.15, 0.2) is 54.6 Å². The number of hydrogen-bond donors (Lipinski definition) is 1. The van der Waals surface area contributed by atoms with Gasteiger partial charge in [0, 0.05) is 0 Å². The van der Waals surface area contributed by atoms with Gasteiger partial charge in [-0.25, -0.2) is 0 Å². The van der Waals surface area contributed by atoms with Crippen molar-refractivity contribution in [3.05, 3.63) is 71.3 Å². The Balaban J connectivity index is 1.21. The van der Waals surface area contributed by atoms with E-state index in [4.69, 9.17) is 0 Å². The Labute approximate surface area is 183 Å². The smallest absolute Gasteiger partial charge is 0.0540 e. The molecule has 1 nitrogen and oxygen atoms in total. The molecule has 0 bridgehead atoms. The molecule has 1 atom stereocenters. The van der Waals surface area contributed by atoms with Gasteiger partial charge >= 0.3 is 0 Å². The molecule has 4 rings (SSSR count). The predicted octanol–water partition coefficient (Wildman–Crippen LogP) is 7.64. The maximum absolute atomic E-state index is 9.68. The third kappa shape index (κ3) is 5.97. The number of rotatable bonds is 7. The van der Waals surface area contributed by atoms with E-state index in [1.54, 1.807) is 5.56 Å². The summed E-state index contributed by atoms with van der Waals surface area (Å²) in [7, 11) is 0. The molecule has 2 fully saturated rings. The van der Waals surface area contributed by atoms with E-state index in [1.165, 1.54) is 68.9 Å². The third-order valence-corrected chi connectivity index (χ3v) is 8.01. The van der Waals surface area contributed by atoms with Crippen molar-refractivity contribution >= 4 is 0 Å². The summed E-state index contributed by atoms with van der Waals surface area (Å²) < 4.78 is 0. The van der Waals surface area contributed by atoms with Gasteiger partial charge < -0.3 is 5.11 Å². The minimum absolute atomic E-state index is 0.0304. The van der Waals surface area contributed by atoms with E-state index in [0.29, 0.717) is 5.92 Å². The monoisotopic (exact) mass is 404 g/mol. The molecule has 2 aromatic rings. The molecule has 0 unspecified atom stereocenters. The van der Waals surface area contributed by atoms with Gasteiger partial charge in [0.2, 0.25) is 0 Å². The number of hydrogen-bond acceptors (Lipinski definition) is 1. The van der Waals surface area contributed by atoms with Gasteiger partial charge in [0.25, 0.3) is 0 Å². The summed E-state index contributed by atoms with van der Waals surface area (Å²) in [6, 6.07) is 20.6. The second kappa shape index (κ2) is 10.6. The maximum atomic E-state index is 9.68. The second-order valence-corrected chi connectivity index (χ2v) is 10.2. The SMILES string of the molecule is C[C@@H](CC1CCC(c2ccc(CCC3CCC(O)CC3)cc2)CC1)c1ccccc1. The Kier molecular flexibility index (Phi) is 7.66. The summed E-state index contributed by atoms with van der Waals surface area (Å²) in [4.78, 5) is 0. The second-order valence-electron chi connectivity index (χ2n) is 10.2. The molecular weight excluding hydrogens is 364 g/mol. The largest absolute Gasteiger partial charge is 0.393 e. The first-order valence-electron chi connectivity index (χ1n) is 12.5. The van der Waals surface area contributed by atoms with Crippen LogP contribution >= 0.6 is 0 Å². The molecule has 0 heterocycles. The number of aliphatic hydroxyl groups is 1. The van der Waals surface area contributed by atoms with Crippen molar-refractivity contribution in [2.75, 3.05) is 0 Å². The molecule has 1 N–H and O–H groups in total. The van der Waals surface area contributed by atoms with Crippen LogP contribution in [0, 0.1) is 11.8 Å². The zero-order valence-corrected chi connectivity index (χ0v) is 18.8. The molecule has 0 aromatic heterocycles. The Morgan fingerprint density at radius 3 is 2.07 bits per heavy atom. The van der Waals surface area contributed by atoms with Crippen molar-refractivity contribution in [2.24, 2.45) is 11.8 Å². The van der Waals surface area contributed by atoms with Crippen molar-refractivity contribution in [1.29, 1.82) is 0 Å². The van der Waals surface area contributed by atoms with Crippen LogP contribution in [0.2, 0.25) is 0 Å². The molecule has 0 saturated heterocycles. The van der Waals surface area contributed by atoms with E-state index in [0.717, 1.165) is 30.6 Å². The van der Waals surface area contributed by atoms with Crippen molar-refractivity contribution in [3.8, 4) is 0 Å². The van der Waals surface area contributed by atoms with Crippen molar-refractivity contribution in [1.82, 2.24) is 0 Å². The van der Waals surface area contributed by atoms with Gasteiger partial charge in [-0.05, 0) is 111 Å². The standard InChI is InChI=1S/C29H40O/c1-22(26-5-3-2-4-6-26)21-25-11-17-28(18-12-25)27-15-9-23(10-16-27)7-8-24-13-19-29(30)20-14-24/h2-6,9-10,15-16,22,24-25,28-30H,7-8,11-14,17-21H2,1H3/t22-,24?,25?,28?,29?/m0/s1. The van der Waals surface area contributed by atoms with E-state index in [2.05, 4.69) is 61.5 Å². The molecule has 0 spiro atoms. The van der Waals surface area contributed by atoms with Gasteiger partial charge in [-0.15, -0.1) is 0 Å². The lowest BCUT2D eigenvalue weighted by atomic mass is 9.75. The molecule has 2 saturated carbocycles. The Morgan fingerprint density at radius 2 is 1.40 bits per heavy atom. The summed E-state index contributed by atoms with van der Waals surface area (Å²) in [5.74, 6) is 3.16. The van der Waals surface area contributed by atoms with Crippen LogP contribution in [0.5, 0.6) is 0 Å². The van der Waals surface area contributed by atoms with Gasteiger partial charge in [-0.1, -0.05) is 61.5 Å². The number of aryl methyl sites for hydroxylation is 1. The summed E-state index contributed by atoms with van der Waals surface area (Å²) in [6.45, 7) is 2.40. The van der Waals surface area contributed by atoms with Crippen LogP contribution in [0.3, 0.4) is 0 Å². The Morgan fingerprint density at radius 1 is 0.767 bits per heavy atom. The summed E-state index contributed by atoms with van der Waals surface area (Å²) in [5, 5.41) is 9.68. The lowest BCUT2D eigenvalue weighted by Gasteiger charge is -2.30. The molecule has 2 aliphatic carbocycles. The van der Waals surface area contributed by atoms with E-state index >= 15 is 0 Å². The topological polar surface area (TPSA) is 20.2 Å². The molecule has 0 radical (unpaired) electrons. The normalized spacial score (nSPS) is 28.2. The zero-order chi connectivity index (χ0) is 20.8. The van der Waals surface area contributed by atoms with Crippen LogP contribution in [0.1, 0.15) is 99.7 Å². The lowest BCUT2D eigenvalue weighted by Crippen LogP contribution is -2.18. The first-order chi connectivity index (χ1) is 14.7. The fourth-order valence-corrected chi connectivity index (χ4v) is 5.91. The molecule has 1 heteroatoms. The summed E-state index contributed by atoms with van der Waals surface area (Å²) >= 11 is 0. The molecular formula is C29H40O. The van der Waals surface area contributed by atoms with Crippen LogP contribution in [0.4, 0.5) is 0 Å². The van der Waals surface area contributed by atoms with Crippen molar-refractivity contribution in [2.45, 2.75) is 95.5 Å². The molecule has 0 aliphatic heterocycles. The van der Waals surface area contributed by atoms with Crippen LogP contribution in [-0.2, 0) is 6.42 Å². The van der Waals surface area contributed by atoms with E-state index in [1.807, 2.05) is 0 Å². The summed E-state index contributed by atoms with van der Waals surface area (Å²) in [6.07, 6.45) is 13.7. The minimum Gasteiger partial charge on any atom is -0.393 e. The van der Waals surface area contributed by atoms with Gasteiger partial charge in [-0.3, -0.25) is 0 Å². The first-order valence-corrected chi connectivity index (χ1v) is 12.5. The minimum atomic E-state index is -0.0304. The fraction of sp³-hybridized carbons (Fsp3) is 0.586. The average molecular weight is 405 g/mol.